The Morgan fingerprint density at radius 1 is 1.38 bits per heavy atom. The van der Waals surface area contributed by atoms with E-state index >= 15 is 0 Å². The van der Waals surface area contributed by atoms with Gasteiger partial charge in [0, 0.05) is 5.92 Å². The maximum Gasteiger partial charge on any atom is 0.306 e. The predicted octanol–water partition coefficient (Wildman–Crippen LogP) is 2.77. The first-order valence-corrected chi connectivity index (χ1v) is 5.26. The molecule has 0 aromatic heterocycles. The van der Waals surface area contributed by atoms with Crippen molar-refractivity contribution in [2.24, 2.45) is 0 Å². The van der Waals surface area contributed by atoms with Gasteiger partial charge in [-0.15, -0.1) is 0 Å². The van der Waals surface area contributed by atoms with Crippen molar-refractivity contribution in [3.63, 3.8) is 0 Å². The number of rotatable bonds is 2. The molecule has 0 saturated carbocycles. The Kier molecular flexibility index (Phi) is 2.90. The van der Waals surface area contributed by atoms with Crippen LogP contribution in [0.1, 0.15) is 31.2 Å². The van der Waals surface area contributed by atoms with E-state index in [2.05, 4.69) is 0 Å². The van der Waals surface area contributed by atoms with Crippen molar-refractivity contribution in [1.82, 2.24) is 0 Å². The van der Waals surface area contributed by atoms with Gasteiger partial charge in [-0.2, -0.15) is 0 Å². The summed E-state index contributed by atoms with van der Waals surface area (Å²) in [6.45, 7) is 1.90. The Morgan fingerprint density at radius 2 is 2.12 bits per heavy atom. The van der Waals surface area contributed by atoms with E-state index in [1.54, 1.807) is 0 Å². The summed E-state index contributed by atoms with van der Waals surface area (Å²) in [5.74, 6) is -2.19. The van der Waals surface area contributed by atoms with Crippen molar-refractivity contribution in [1.29, 1.82) is 0 Å². The highest BCUT2D eigenvalue weighted by atomic mass is 19.2. The number of cyclic esters (lactones) is 1. The molecule has 1 aromatic rings. The molecule has 0 amide bonds. The van der Waals surface area contributed by atoms with Crippen molar-refractivity contribution in [3.8, 4) is 0 Å². The molecule has 1 aliphatic heterocycles. The van der Waals surface area contributed by atoms with Gasteiger partial charge in [0.2, 0.25) is 0 Å². The molecule has 2 atom stereocenters. The fourth-order valence-corrected chi connectivity index (χ4v) is 2.05. The number of halogens is 2. The molecule has 16 heavy (non-hydrogen) atoms. The van der Waals surface area contributed by atoms with Crippen LogP contribution in [0.2, 0.25) is 0 Å². The molecular weight excluding hydrogens is 214 g/mol. The SMILES string of the molecule is CCC1OC(=O)CC1c1ccc(F)c(F)c1. The molecule has 2 rings (SSSR count). The predicted molar refractivity (Wildman–Crippen MR) is 53.9 cm³/mol. The van der Waals surface area contributed by atoms with Crippen molar-refractivity contribution in [3.05, 3.63) is 35.4 Å². The molecule has 1 aliphatic rings. The molecule has 0 bridgehead atoms. The van der Waals surface area contributed by atoms with Gasteiger partial charge < -0.3 is 4.74 Å². The van der Waals surface area contributed by atoms with Crippen LogP contribution in [0.15, 0.2) is 18.2 Å². The molecular formula is C12H12F2O2. The van der Waals surface area contributed by atoms with E-state index in [9.17, 15) is 13.6 Å². The van der Waals surface area contributed by atoms with E-state index in [1.807, 2.05) is 6.92 Å². The summed E-state index contributed by atoms with van der Waals surface area (Å²) < 4.78 is 30.9. The molecule has 1 fully saturated rings. The number of hydrogen-bond donors (Lipinski definition) is 0. The molecule has 2 unspecified atom stereocenters. The monoisotopic (exact) mass is 226 g/mol. The number of carbonyl (C=O) groups excluding carboxylic acids is 1. The Bertz CT molecular complexity index is 417. The molecule has 0 N–H and O–H groups in total. The maximum atomic E-state index is 13.1. The number of benzene rings is 1. The second kappa shape index (κ2) is 4.20. The molecule has 0 radical (unpaired) electrons. The zero-order chi connectivity index (χ0) is 11.7. The first kappa shape index (κ1) is 11.0. The third-order valence-corrected chi connectivity index (χ3v) is 2.89. The highest BCUT2D eigenvalue weighted by Gasteiger charge is 2.34. The Hall–Kier alpha value is -1.45. The van der Waals surface area contributed by atoms with Crippen LogP contribution in [-0.4, -0.2) is 12.1 Å². The lowest BCUT2D eigenvalue weighted by molar-refractivity contribution is -0.141. The smallest absolute Gasteiger partial charge is 0.306 e. The fourth-order valence-electron chi connectivity index (χ4n) is 2.05. The van der Waals surface area contributed by atoms with Crippen LogP contribution in [0.5, 0.6) is 0 Å². The molecule has 4 heteroatoms. The van der Waals surface area contributed by atoms with Gasteiger partial charge in [0.15, 0.2) is 11.6 Å². The topological polar surface area (TPSA) is 26.3 Å². The van der Waals surface area contributed by atoms with Crippen LogP contribution in [0.25, 0.3) is 0 Å². The lowest BCUT2D eigenvalue weighted by Crippen LogP contribution is -2.13. The van der Waals surface area contributed by atoms with Crippen LogP contribution in [0.4, 0.5) is 8.78 Å². The van der Waals surface area contributed by atoms with Crippen molar-refractivity contribution < 1.29 is 18.3 Å². The van der Waals surface area contributed by atoms with Crippen molar-refractivity contribution in [2.45, 2.75) is 31.8 Å². The lowest BCUT2D eigenvalue weighted by atomic mass is 9.91. The normalized spacial score (nSPS) is 24.6. The zero-order valence-electron chi connectivity index (χ0n) is 8.87. The highest BCUT2D eigenvalue weighted by Crippen LogP contribution is 2.34. The van der Waals surface area contributed by atoms with Gasteiger partial charge in [-0.25, -0.2) is 8.78 Å². The molecule has 0 aliphatic carbocycles. The van der Waals surface area contributed by atoms with Crippen LogP contribution in [-0.2, 0) is 9.53 Å². The summed E-state index contributed by atoms with van der Waals surface area (Å²) in [5, 5.41) is 0. The molecule has 2 nitrogen and oxygen atoms in total. The zero-order valence-corrected chi connectivity index (χ0v) is 8.87. The summed E-state index contributed by atoms with van der Waals surface area (Å²) in [4.78, 5) is 11.2. The van der Waals surface area contributed by atoms with E-state index in [4.69, 9.17) is 4.74 Å². The summed E-state index contributed by atoms with van der Waals surface area (Å²) >= 11 is 0. The number of ether oxygens (including phenoxy) is 1. The van der Waals surface area contributed by atoms with Gasteiger partial charge in [0.1, 0.15) is 6.10 Å². The second-order valence-electron chi connectivity index (χ2n) is 3.92. The third kappa shape index (κ3) is 1.92. The lowest BCUT2D eigenvalue weighted by Gasteiger charge is -2.15. The summed E-state index contributed by atoms with van der Waals surface area (Å²) in [7, 11) is 0. The number of carbonyl (C=O) groups is 1. The molecule has 86 valence electrons. The van der Waals surface area contributed by atoms with Gasteiger partial charge in [0.05, 0.1) is 6.42 Å². The summed E-state index contributed by atoms with van der Waals surface area (Å²) in [6, 6.07) is 3.73. The van der Waals surface area contributed by atoms with Crippen LogP contribution >= 0.6 is 0 Å². The summed E-state index contributed by atoms with van der Waals surface area (Å²) in [6.07, 6.45) is 0.691. The van der Waals surface area contributed by atoms with Gasteiger partial charge in [0.25, 0.3) is 0 Å². The average Bonchev–Trinajstić information content (AvgIpc) is 2.63. The minimum absolute atomic E-state index is 0.160. The van der Waals surface area contributed by atoms with Crippen LogP contribution in [0.3, 0.4) is 0 Å². The minimum atomic E-state index is -0.883. The Morgan fingerprint density at radius 3 is 2.75 bits per heavy atom. The van der Waals surface area contributed by atoms with Gasteiger partial charge >= 0.3 is 5.97 Å². The van der Waals surface area contributed by atoms with Gasteiger partial charge in [-0.3, -0.25) is 4.79 Å². The molecule has 1 saturated heterocycles. The van der Waals surface area contributed by atoms with Crippen LogP contribution < -0.4 is 0 Å². The first-order valence-electron chi connectivity index (χ1n) is 5.26. The third-order valence-electron chi connectivity index (χ3n) is 2.89. The van der Waals surface area contributed by atoms with Crippen molar-refractivity contribution in [2.75, 3.05) is 0 Å². The van der Waals surface area contributed by atoms with E-state index < -0.39 is 11.6 Å². The average molecular weight is 226 g/mol. The largest absolute Gasteiger partial charge is 0.462 e. The maximum absolute atomic E-state index is 13.1. The van der Waals surface area contributed by atoms with Gasteiger partial charge in [-0.1, -0.05) is 13.0 Å². The highest BCUT2D eigenvalue weighted by molar-refractivity contribution is 5.73. The van der Waals surface area contributed by atoms with Gasteiger partial charge in [-0.05, 0) is 24.1 Å². The van der Waals surface area contributed by atoms with E-state index in [0.29, 0.717) is 12.0 Å². The van der Waals surface area contributed by atoms with E-state index in [0.717, 1.165) is 12.1 Å². The second-order valence-corrected chi connectivity index (χ2v) is 3.92. The fraction of sp³-hybridized carbons (Fsp3) is 0.417. The Balaban J connectivity index is 2.29. The van der Waals surface area contributed by atoms with E-state index in [1.165, 1.54) is 6.07 Å². The molecule has 0 spiro atoms. The van der Waals surface area contributed by atoms with Crippen LogP contribution in [0, 0.1) is 11.6 Å². The standard InChI is InChI=1S/C12H12F2O2/c1-2-11-8(6-12(15)16-11)7-3-4-9(13)10(14)5-7/h3-5,8,11H,2,6H2,1H3. The van der Waals surface area contributed by atoms with E-state index in [-0.39, 0.29) is 24.4 Å². The minimum Gasteiger partial charge on any atom is -0.462 e. The molecule has 1 aromatic carbocycles. The summed E-state index contributed by atoms with van der Waals surface area (Å²) in [5.41, 5.74) is 0.622. The Labute approximate surface area is 92.2 Å². The number of hydrogen-bond acceptors (Lipinski definition) is 2. The van der Waals surface area contributed by atoms with Crippen molar-refractivity contribution >= 4 is 5.97 Å². The first-order chi connectivity index (χ1) is 7.61. The number of esters is 1. The quantitative estimate of drug-likeness (QED) is 0.725. The molecule has 1 heterocycles.